The summed E-state index contributed by atoms with van der Waals surface area (Å²) < 4.78 is 2.11. The number of benzene rings is 1. The number of para-hydroxylation sites is 1. The van der Waals surface area contributed by atoms with E-state index in [0.717, 1.165) is 44.2 Å². The fourth-order valence-electron chi connectivity index (χ4n) is 3.41. The van der Waals surface area contributed by atoms with E-state index in [0.29, 0.717) is 24.2 Å². The van der Waals surface area contributed by atoms with E-state index in [4.69, 9.17) is 16.5 Å². The molecule has 0 spiro atoms. The van der Waals surface area contributed by atoms with Gasteiger partial charge in [-0.1, -0.05) is 13.0 Å². The molecule has 0 aliphatic carbocycles. The number of rotatable bonds is 6. The second-order valence-corrected chi connectivity index (χ2v) is 6.22. The summed E-state index contributed by atoms with van der Waals surface area (Å²) in [5, 5.41) is 0. The SMILES string of the molecule is CCCN1CCN(c2nc3c(C(N)=O)cccc3n2CCN)CC1. The van der Waals surface area contributed by atoms with Crippen LogP contribution in [0.3, 0.4) is 0 Å². The highest BCUT2D eigenvalue weighted by molar-refractivity contribution is 6.04. The molecule has 1 aliphatic heterocycles. The first-order valence-corrected chi connectivity index (χ1v) is 8.62. The number of primary amides is 1. The van der Waals surface area contributed by atoms with Gasteiger partial charge in [-0.15, -0.1) is 0 Å². The van der Waals surface area contributed by atoms with Crippen molar-refractivity contribution in [3.63, 3.8) is 0 Å². The molecule has 2 heterocycles. The van der Waals surface area contributed by atoms with Gasteiger partial charge in [0.25, 0.3) is 5.91 Å². The van der Waals surface area contributed by atoms with Crippen LogP contribution in [0.25, 0.3) is 11.0 Å². The van der Waals surface area contributed by atoms with Crippen molar-refractivity contribution in [2.24, 2.45) is 11.5 Å². The standard InChI is InChI=1S/C17H26N6O/c1-2-7-21-9-11-22(12-10-21)17-20-15-13(16(19)24)4-3-5-14(15)23(17)8-6-18/h3-5H,2,6-12,18H2,1H3,(H2,19,24). The van der Waals surface area contributed by atoms with Crippen LogP contribution in [0, 0.1) is 0 Å². The van der Waals surface area contributed by atoms with E-state index < -0.39 is 5.91 Å². The van der Waals surface area contributed by atoms with E-state index in [1.807, 2.05) is 12.1 Å². The summed E-state index contributed by atoms with van der Waals surface area (Å²) in [4.78, 5) is 21.2. The van der Waals surface area contributed by atoms with Crippen LogP contribution in [0.2, 0.25) is 0 Å². The molecule has 2 aromatic rings. The highest BCUT2D eigenvalue weighted by Crippen LogP contribution is 2.26. The van der Waals surface area contributed by atoms with E-state index in [9.17, 15) is 4.79 Å². The molecule has 130 valence electrons. The lowest BCUT2D eigenvalue weighted by Crippen LogP contribution is -2.47. The van der Waals surface area contributed by atoms with Crippen molar-refractivity contribution in [1.82, 2.24) is 14.5 Å². The number of amides is 1. The zero-order chi connectivity index (χ0) is 17.1. The Balaban J connectivity index is 1.97. The van der Waals surface area contributed by atoms with Crippen molar-refractivity contribution < 1.29 is 4.79 Å². The minimum atomic E-state index is -0.447. The van der Waals surface area contributed by atoms with Crippen molar-refractivity contribution in [2.45, 2.75) is 19.9 Å². The average Bonchev–Trinajstić information content (AvgIpc) is 2.95. The van der Waals surface area contributed by atoms with Crippen LogP contribution in [0.5, 0.6) is 0 Å². The predicted molar refractivity (Wildman–Crippen MR) is 96.2 cm³/mol. The number of carbonyl (C=O) groups is 1. The maximum absolute atomic E-state index is 11.7. The van der Waals surface area contributed by atoms with Gasteiger partial charge >= 0.3 is 0 Å². The maximum atomic E-state index is 11.7. The van der Waals surface area contributed by atoms with E-state index >= 15 is 0 Å². The third-order valence-electron chi connectivity index (χ3n) is 4.57. The Morgan fingerprint density at radius 1 is 1.21 bits per heavy atom. The molecule has 0 atom stereocenters. The highest BCUT2D eigenvalue weighted by atomic mass is 16.1. The van der Waals surface area contributed by atoms with Crippen LogP contribution in [0.1, 0.15) is 23.7 Å². The van der Waals surface area contributed by atoms with E-state index in [1.54, 1.807) is 6.07 Å². The van der Waals surface area contributed by atoms with Crippen molar-refractivity contribution in [2.75, 3.05) is 44.2 Å². The van der Waals surface area contributed by atoms with Gasteiger partial charge in [-0.2, -0.15) is 0 Å². The number of carbonyl (C=O) groups excluding carboxylic acids is 1. The molecule has 1 amide bonds. The number of piperazine rings is 1. The van der Waals surface area contributed by atoms with Gasteiger partial charge in [0.1, 0.15) is 5.52 Å². The van der Waals surface area contributed by atoms with Crippen molar-refractivity contribution >= 4 is 22.9 Å². The van der Waals surface area contributed by atoms with Crippen LogP contribution >= 0.6 is 0 Å². The molecule has 7 nitrogen and oxygen atoms in total. The zero-order valence-electron chi connectivity index (χ0n) is 14.2. The van der Waals surface area contributed by atoms with Gasteiger partial charge in [0.05, 0.1) is 11.1 Å². The predicted octanol–water partition coefficient (Wildman–Crippen LogP) is 0.626. The summed E-state index contributed by atoms with van der Waals surface area (Å²) in [5.74, 6) is 0.442. The monoisotopic (exact) mass is 330 g/mol. The summed E-state index contributed by atoms with van der Waals surface area (Å²) in [6, 6.07) is 5.55. The summed E-state index contributed by atoms with van der Waals surface area (Å²) >= 11 is 0. The Morgan fingerprint density at radius 2 is 1.96 bits per heavy atom. The summed E-state index contributed by atoms with van der Waals surface area (Å²) in [6.07, 6.45) is 1.17. The Bertz CT molecular complexity index is 717. The van der Waals surface area contributed by atoms with Crippen LogP contribution in [-0.2, 0) is 6.54 Å². The second kappa shape index (κ2) is 7.19. The van der Waals surface area contributed by atoms with Gasteiger partial charge in [-0.25, -0.2) is 4.98 Å². The van der Waals surface area contributed by atoms with Gasteiger partial charge in [-0.3, -0.25) is 9.69 Å². The third-order valence-corrected chi connectivity index (χ3v) is 4.57. The molecule has 0 unspecified atom stereocenters. The number of imidazole rings is 1. The van der Waals surface area contributed by atoms with Crippen molar-refractivity contribution in [1.29, 1.82) is 0 Å². The van der Waals surface area contributed by atoms with Crippen LogP contribution in [-0.4, -0.2) is 59.6 Å². The Hall–Kier alpha value is -2.12. The number of aromatic nitrogens is 2. The van der Waals surface area contributed by atoms with Crippen molar-refractivity contribution in [3.05, 3.63) is 23.8 Å². The van der Waals surface area contributed by atoms with Crippen molar-refractivity contribution in [3.8, 4) is 0 Å². The number of hydrogen-bond acceptors (Lipinski definition) is 5. The molecule has 0 bridgehead atoms. The first-order valence-electron chi connectivity index (χ1n) is 8.62. The number of anilines is 1. The van der Waals surface area contributed by atoms with Crippen LogP contribution in [0.15, 0.2) is 18.2 Å². The Morgan fingerprint density at radius 3 is 2.58 bits per heavy atom. The largest absolute Gasteiger partial charge is 0.366 e. The minimum absolute atomic E-state index is 0.447. The summed E-state index contributed by atoms with van der Waals surface area (Å²) in [6.45, 7) is 8.46. The van der Waals surface area contributed by atoms with Gasteiger partial charge in [-0.05, 0) is 25.1 Å². The maximum Gasteiger partial charge on any atom is 0.250 e. The third kappa shape index (κ3) is 3.09. The second-order valence-electron chi connectivity index (χ2n) is 6.22. The van der Waals surface area contributed by atoms with Gasteiger partial charge < -0.3 is 20.9 Å². The van der Waals surface area contributed by atoms with Crippen LogP contribution in [0.4, 0.5) is 5.95 Å². The zero-order valence-corrected chi connectivity index (χ0v) is 14.2. The average molecular weight is 330 g/mol. The number of nitrogens with zero attached hydrogens (tertiary/aromatic N) is 4. The fraction of sp³-hybridized carbons (Fsp3) is 0.529. The van der Waals surface area contributed by atoms with Crippen LogP contribution < -0.4 is 16.4 Å². The highest BCUT2D eigenvalue weighted by Gasteiger charge is 2.23. The molecule has 24 heavy (non-hydrogen) atoms. The van der Waals surface area contributed by atoms with Gasteiger partial charge in [0.15, 0.2) is 0 Å². The Kier molecular flexibility index (Phi) is 5.01. The first-order chi connectivity index (χ1) is 11.7. The molecule has 0 radical (unpaired) electrons. The number of fused-ring (bicyclic) bond motifs is 1. The number of nitrogens with two attached hydrogens (primary N) is 2. The molecule has 3 rings (SSSR count). The lowest BCUT2D eigenvalue weighted by atomic mass is 10.2. The van der Waals surface area contributed by atoms with E-state index in [2.05, 4.69) is 21.3 Å². The lowest BCUT2D eigenvalue weighted by molar-refractivity contribution is 0.100. The summed E-state index contributed by atoms with van der Waals surface area (Å²) in [7, 11) is 0. The number of hydrogen-bond donors (Lipinski definition) is 2. The molecule has 4 N–H and O–H groups in total. The lowest BCUT2D eigenvalue weighted by Gasteiger charge is -2.35. The summed E-state index contributed by atoms with van der Waals surface area (Å²) in [5.41, 5.74) is 13.4. The molecule has 7 heteroatoms. The van der Waals surface area contributed by atoms with Gasteiger partial charge in [0, 0.05) is 39.3 Å². The van der Waals surface area contributed by atoms with E-state index in [1.165, 1.54) is 6.42 Å². The molecule has 1 aliphatic rings. The molecule has 1 aromatic heterocycles. The first kappa shape index (κ1) is 16.7. The molecule has 1 saturated heterocycles. The molecule has 1 aromatic carbocycles. The van der Waals surface area contributed by atoms with E-state index in [-0.39, 0.29) is 0 Å². The quantitative estimate of drug-likeness (QED) is 0.810. The fourth-order valence-corrected chi connectivity index (χ4v) is 3.41. The van der Waals surface area contributed by atoms with Gasteiger partial charge in [0.2, 0.25) is 5.95 Å². The molecular formula is C17H26N6O. The molecule has 0 saturated carbocycles. The Labute approximate surface area is 142 Å². The molecule has 1 fully saturated rings. The topological polar surface area (TPSA) is 93.4 Å². The molecular weight excluding hydrogens is 304 g/mol. The minimum Gasteiger partial charge on any atom is -0.366 e. The normalized spacial score (nSPS) is 16.0. The smallest absolute Gasteiger partial charge is 0.250 e.